The van der Waals surface area contributed by atoms with Crippen molar-refractivity contribution in [3.05, 3.63) is 0 Å². The molecular formula is C4H12NOPS. The minimum Gasteiger partial charge on any atom is -0.295 e. The minimum atomic E-state index is -2.33. The molecule has 0 heterocycles. The van der Waals surface area contributed by atoms with Gasteiger partial charge in [0, 0.05) is 5.66 Å². The van der Waals surface area contributed by atoms with E-state index >= 15 is 0 Å². The summed E-state index contributed by atoms with van der Waals surface area (Å²) in [7, 11) is 0. The van der Waals surface area contributed by atoms with Gasteiger partial charge in [0.2, 0.25) is 0 Å². The molecule has 0 aliphatic heterocycles. The van der Waals surface area contributed by atoms with Crippen LogP contribution in [-0.2, 0) is 4.57 Å². The van der Waals surface area contributed by atoms with Crippen molar-refractivity contribution in [3.8, 4) is 0 Å². The lowest BCUT2D eigenvalue weighted by Crippen LogP contribution is -2.01. The molecule has 2 N–H and O–H groups in total. The van der Waals surface area contributed by atoms with E-state index in [0.717, 1.165) is 0 Å². The molecule has 0 saturated carbocycles. The van der Waals surface area contributed by atoms with Gasteiger partial charge >= 0.3 is 0 Å². The van der Waals surface area contributed by atoms with Crippen LogP contribution in [0.1, 0.15) is 13.8 Å². The number of hydrogen-bond donors (Lipinski definition) is 1. The van der Waals surface area contributed by atoms with E-state index in [-0.39, 0.29) is 5.66 Å². The van der Waals surface area contributed by atoms with E-state index in [1.54, 1.807) is 6.26 Å². The average Bonchev–Trinajstić information content (AvgIpc) is 1.67. The quantitative estimate of drug-likeness (QED) is 0.616. The maximum Gasteiger partial charge on any atom is 0.200 e. The minimum absolute atomic E-state index is 0.109. The Labute approximate surface area is 54.4 Å². The predicted octanol–water partition coefficient (Wildman–Crippen LogP) is 1.91. The van der Waals surface area contributed by atoms with Gasteiger partial charge in [-0.05, 0) is 6.26 Å². The van der Waals surface area contributed by atoms with Crippen molar-refractivity contribution in [2.75, 3.05) is 6.26 Å². The lowest BCUT2D eigenvalue weighted by atomic mass is 10.6. The van der Waals surface area contributed by atoms with Crippen LogP contribution in [0.3, 0.4) is 0 Å². The van der Waals surface area contributed by atoms with Gasteiger partial charge in [-0.1, -0.05) is 25.2 Å². The third-order valence-corrected chi connectivity index (χ3v) is 5.99. The van der Waals surface area contributed by atoms with Gasteiger partial charge in [-0.3, -0.25) is 10.1 Å². The Morgan fingerprint density at radius 1 is 1.62 bits per heavy atom. The van der Waals surface area contributed by atoms with Crippen molar-refractivity contribution in [1.82, 2.24) is 0 Å². The molecule has 1 unspecified atom stereocenters. The molecule has 0 aromatic carbocycles. The van der Waals surface area contributed by atoms with E-state index in [1.165, 1.54) is 11.4 Å². The molecule has 0 aliphatic carbocycles. The summed E-state index contributed by atoms with van der Waals surface area (Å²) < 4.78 is 11.0. The highest BCUT2D eigenvalue weighted by Gasteiger charge is 2.17. The fourth-order valence-electron chi connectivity index (χ4n) is 0.211. The Bertz CT molecular complexity index is 115. The fourth-order valence-corrected chi connectivity index (χ4v) is 1.90. The van der Waals surface area contributed by atoms with Gasteiger partial charge in [-0.2, -0.15) is 0 Å². The van der Waals surface area contributed by atoms with Crippen molar-refractivity contribution in [1.29, 1.82) is 0 Å². The van der Waals surface area contributed by atoms with E-state index < -0.39 is 6.49 Å². The molecule has 50 valence electrons. The molecule has 0 radical (unpaired) electrons. The van der Waals surface area contributed by atoms with Crippen LogP contribution >= 0.6 is 17.9 Å². The Kier molecular flexibility index (Phi) is 3.10. The Morgan fingerprint density at radius 3 is 2.00 bits per heavy atom. The van der Waals surface area contributed by atoms with Crippen molar-refractivity contribution in [3.63, 3.8) is 0 Å². The summed E-state index contributed by atoms with van der Waals surface area (Å²) >= 11 is 1.27. The summed E-state index contributed by atoms with van der Waals surface area (Å²) in [5.41, 5.74) is 5.49. The van der Waals surface area contributed by atoms with Crippen molar-refractivity contribution in [2.45, 2.75) is 19.5 Å². The molecule has 0 rings (SSSR count). The van der Waals surface area contributed by atoms with Crippen molar-refractivity contribution >= 4 is 17.9 Å². The zero-order chi connectivity index (χ0) is 6.78. The zero-order valence-corrected chi connectivity index (χ0v) is 7.13. The molecular weight excluding hydrogens is 141 g/mol. The van der Waals surface area contributed by atoms with Gasteiger partial charge in [0.15, 0.2) is 6.49 Å². The standard InChI is InChI=1S/C4H12NOPS/c1-4(2)7(5,6)8-3/h4H,1-3H3,(H2,5,6). The second kappa shape index (κ2) is 2.90. The van der Waals surface area contributed by atoms with Crippen LogP contribution in [0.25, 0.3) is 0 Å². The summed E-state index contributed by atoms with van der Waals surface area (Å²) in [5, 5.41) is 0. The van der Waals surface area contributed by atoms with Crippen LogP contribution in [0, 0.1) is 0 Å². The summed E-state index contributed by atoms with van der Waals surface area (Å²) in [5.74, 6) is 0. The third-order valence-electron chi connectivity index (χ3n) is 1.01. The normalized spacial score (nSPS) is 18.6. The molecule has 0 amide bonds. The monoisotopic (exact) mass is 153 g/mol. The van der Waals surface area contributed by atoms with Gasteiger partial charge in [0.05, 0.1) is 0 Å². The average molecular weight is 153 g/mol. The lowest BCUT2D eigenvalue weighted by Gasteiger charge is -2.11. The smallest absolute Gasteiger partial charge is 0.200 e. The van der Waals surface area contributed by atoms with E-state index in [9.17, 15) is 4.57 Å². The lowest BCUT2D eigenvalue weighted by molar-refractivity contribution is 0.580. The summed E-state index contributed by atoms with van der Waals surface area (Å²) in [6, 6.07) is 0. The number of hydrogen-bond acceptors (Lipinski definition) is 2. The zero-order valence-electron chi connectivity index (χ0n) is 5.42. The molecule has 4 heteroatoms. The maximum absolute atomic E-state index is 11.0. The molecule has 8 heavy (non-hydrogen) atoms. The highest BCUT2D eigenvalue weighted by molar-refractivity contribution is 8.57. The first kappa shape index (κ1) is 8.54. The summed E-state index contributed by atoms with van der Waals surface area (Å²) in [6.07, 6.45) is 1.78. The molecule has 0 aromatic rings. The van der Waals surface area contributed by atoms with E-state index in [1.807, 2.05) is 13.8 Å². The second-order valence-corrected chi connectivity index (χ2v) is 7.42. The van der Waals surface area contributed by atoms with Gasteiger partial charge in [0.25, 0.3) is 0 Å². The van der Waals surface area contributed by atoms with Crippen molar-refractivity contribution in [2.24, 2.45) is 5.50 Å². The molecule has 0 fully saturated rings. The van der Waals surface area contributed by atoms with E-state index in [4.69, 9.17) is 5.50 Å². The molecule has 0 bridgehead atoms. The Balaban J connectivity index is 3.93. The van der Waals surface area contributed by atoms with Crippen LogP contribution < -0.4 is 5.50 Å². The van der Waals surface area contributed by atoms with Crippen LogP contribution in [0.15, 0.2) is 0 Å². The second-order valence-electron chi connectivity index (χ2n) is 1.92. The largest absolute Gasteiger partial charge is 0.295 e. The van der Waals surface area contributed by atoms with E-state index in [0.29, 0.717) is 0 Å². The fraction of sp³-hybridized carbons (Fsp3) is 1.00. The Hall–Kier alpha value is 0.540. The first-order chi connectivity index (χ1) is 3.50. The van der Waals surface area contributed by atoms with Crippen LogP contribution in [0.5, 0.6) is 0 Å². The molecule has 1 atom stereocenters. The highest BCUT2D eigenvalue weighted by Crippen LogP contribution is 2.53. The van der Waals surface area contributed by atoms with Crippen LogP contribution in [0.2, 0.25) is 0 Å². The van der Waals surface area contributed by atoms with Crippen molar-refractivity contribution < 1.29 is 4.57 Å². The molecule has 2 nitrogen and oxygen atoms in total. The van der Waals surface area contributed by atoms with Gasteiger partial charge < -0.3 is 0 Å². The van der Waals surface area contributed by atoms with Crippen LogP contribution in [0.4, 0.5) is 0 Å². The Morgan fingerprint density at radius 2 is 2.00 bits per heavy atom. The van der Waals surface area contributed by atoms with Gasteiger partial charge in [0.1, 0.15) is 0 Å². The molecule has 0 saturated heterocycles. The maximum atomic E-state index is 11.0. The topological polar surface area (TPSA) is 43.1 Å². The molecule has 0 aromatic heterocycles. The first-order valence-electron chi connectivity index (χ1n) is 2.44. The predicted molar refractivity (Wildman–Crippen MR) is 40.4 cm³/mol. The summed E-state index contributed by atoms with van der Waals surface area (Å²) in [6.45, 7) is 1.42. The number of nitrogens with two attached hydrogens (primary N) is 1. The SMILES string of the molecule is CSP(N)(=O)C(C)C. The molecule has 0 aliphatic rings. The highest BCUT2D eigenvalue weighted by atomic mass is 32.7. The number of rotatable bonds is 2. The summed E-state index contributed by atoms with van der Waals surface area (Å²) in [4.78, 5) is 0. The molecule has 0 spiro atoms. The van der Waals surface area contributed by atoms with Crippen LogP contribution in [-0.4, -0.2) is 11.9 Å². The van der Waals surface area contributed by atoms with Gasteiger partial charge in [-0.15, -0.1) is 0 Å². The first-order valence-corrected chi connectivity index (χ1v) is 6.12. The van der Waals surface area contributed by atoms with E-state index in [2.05, 4.69) is 0 Å². The third kappa shape index (κ3) is 2.21. The van der Waals surface area contributed by atoms with Gasteiger partial charge in [-0.25, -0.2) is 0 Å².